The Hall–Kier alpha value is -3.80. The van der Waals surface area contributed by atoms with E-state index < -0.39 is 27.4 Å². The standard InChI is InChI=1S/C32H35N3O6S2/c1-5-34(6-2)43(39,40)22-12-10-11-21(18-22)35-30(36)24-14-9-8-13-23(24)26(31(35)37)19-33-29-28(32(38)41-7-3)25-16-15-20(4)17-27(25)42-29/h8-14,18-20,37H,5-7,15-17H2,1-4H3. The van der Waals surface area contributed by atoms with Crippen LogP contribution in [0, 0.1) is 5.92 Å². The third-order valence-corrected chi connectivity index (χ3v) is 11.0. The third kappa shape index (κ3) is 5.64. The summed E-state index contributed by atoms with van der Waals surface area (Å²) in [4.78, 5) is 32.6. The first kappa shape index (κ1) is 30.7. The van der Waals surface area contributed by atoms with Crippen molar-refractivity contribution in [2.45, 2.75) is 51.9 Å². The molecule has 0 bridgehead atoms. The van der Waals surface area contributed by atoms with Gasteiger partial charge in [0.05, 0.1) is 28.3 Å². The van der Waals surface area contributed by atoms with Crippen LogP contribution < -0.4 is 5.56 Å². The number of hydrogen-bond acceptors (Lipinski definition) is 8. The molecule has 43 heavy (non-hydrogen) atoms. The number of pyridine rings is 1. The fraction of sp³-hybridized carbons (Fsp3) is 0.344. The van der Waals surface area contributed by atoms with Gasteiger partial charge in [-0.05, 0) is 61.9 Å². The second-order valence-electron chi connectivity index (χ2n) is 10.5. The first-order valence-corrected chi connectivity index (χ1v) is 16.7. The molecule has 0 fully saturated rings. The van der Waals surface area contributed by atoms with Crippen molar-refractivity contribution in [3.8, 4) is 11.6 Å². The number of aromatic nitrogens is 1. The number of fused-ring (bicyclic) bond motifs is 2. The van der Waals surface area contributed by atoms with Gasteiger partial charge in [-0.15, -0.1) is 11.3 Å². The van der Waals surface area contributed by atoms with Gasteiger partial charge in [-0.3, -0.25) is 4.79 Å². The highest BCUT2D eigenvalue weighted by Crippen LogP contribution is 2.42. The van der Waals surface area contributed by atoms with Gasteiger partial charge in [-0.2, -0.15) is 4.31 Å². The topological polar surface area (TPSA) is 118 Å². The Kier molecular flexibility index (Phi) is 8.86. The van der Waals surface area contributed by atoms with Gasteiger partial charge in [0, 0.05) is 35.0 Å². The summed E-state index contributed by atoms with van der Waals surface area (Å²) in [5, 5.41) is 12.9. The van der Waals surface area contributed by atoms with Crippen LogP contribution >= 0.6 is 11.3 Å². The fourth-order valence-corrected chi connectivity index (χ4v) is 8.43. The number of benzene rings is 2. The Morgan fingerprint density at radius 2 is 1.86 bits per heavy atom. The van der Waals surface area contributed by atoms with E-state index in [0.29, 0.717) is 40.3 Å². The van der Waals surface area contributed by atoms with Gasteiger partial charge < -0.3 is 9.84 Å². The van der Waals surface area contributed by atoms with Crippen molar-refractivity contribution in [2.75, 3.05) is 19.7 Å². The molecule has 2 aromatic heterocycles. The molecule has 4 aromatic rings. The summed E-state index contributed by atoms with van der Waals surface area (Å²) in [5.41, 5.74) is 1.39. The van der Waals surface area contributed by atoms with Crippen LogP contribution in [0.5, 0.6) is 5.88 Å². The maximum absolute atomic E-state index is 13.7. The molecule has 0 saturated heterocycles. The van der Waals surface area contributed by atoms with Gasteiger partial charge >= 0.3 is 5.97 Å². The van der Waals surface area contributed by atoms with Gasteiger partial charge in [-0.25, -0.2) is 22.8 Å². The predicted octanol–water partition coefficient (Wildman–Crippen LogP) is 5.84. The Morgan fingerprint density at radius 3 is 2.56 bits per heavy atom. The summed E-state index contributed by atoms with van der Waals surface area (Å²) in [7, 11) is -3.81. The van der Waals surface area contributed by atoms with Crippen molar-refractivity contribution < 1.29 is 23.1 Å². The van der Waals surface area contributed by atoms with Crippen molar-refractivity contribution in [3.05, 3.63) is 80.5 Å². The molecule has 1 aliphatic rings. The van der Waals surface area contributed by atoms with Gasteiger partial charge in [0.1, 0.15) is 5.00 Å². The number of sulfonamides is 1. The molecule has 0 saturated carbocycles. The van der Waals surface area contributed by atoms with Crippen LogP contribution in [0.15, 0.2) is 63.2 Å². The molecule has 1 N–H and O–H groups in total. The van der Waals surface area contributed by atoms with Crippen LogP contribution in [-0.2, 0) is 27.6 Å². The molecule has 11 heteroatoms. The highest BCUT2D eigenvalue weighted by molar-refractivity contribution is 7.89. The molecular weight excluding hydrogens is 587 g/mol. The minimum atomic E-state index is -3.81. The van der Waals surface area contributed by atoms with E-state index in [-0.39, 0.29) is 22.8 Å². The first-order valence-electron chi connectivity index (χ1n) is 14.4. The molecule has 0 aliphatic heterocycles. The molecule has 9 nitrogen and oxygen atoms in total. The van der Waals surface area contributed by atoms with Crippen molar-refractivity contribution in [3.63, 3.8) is 0 Å². The summed E-state index contributed by atoms with van der Waals surface area (Å²) >= 11 is 1.45. The minimum absolute atomic E-state index is 0.0147. The van der Waals surface area contributed by atoms with Gasteiger partial charge in [-0.1, -0.05) is 45.0 Å². The number of carbonyl (C=O) groups excluding carboxylic acids is 1. The Labute approximate surface area is 255 Å². The van der Waals surface area contributed by atoms with Gasteiger partial charge in [0.2, 0.25) is 15.9 Å². The fourth-order valence-electron chi connectivity index (χ4n) is 5.59. The summed E-state index contributed by atoms with van der Waals surface area (Å²) < 4.78 is 34.3. The van der Waals surface area contributed by atoms with E-state index in [0.717, 1.165) is 34.3 Å². The Bertz CT molecular complexity index is 1890. The first-order chi connectivity index (χ1) is 20.6. The molecule has 0 spiro atoms. The highest BCUT2D eigenvalue weighted by atomic mass is 32.2. The molecule has 1 atom stereocenters. The van der Waals surface area contributed by atoms with Crippen LogP contribution in [0.1, 0.15) is 60.5 Å². The second-order valence-corrected chi connectivity index (χ2v) is 13.5. The Morgan fingerprint density at radius 1 is 1.14 bits per heavy atom. The lowest BCUT2D eigenvalue weighted by Crippen LogP contribution is -2.30. The molecule has 2 heterocycles. The zero-order valence-electron chi connectivity index (χ0n) is 24.7. The van der Waals surface area contributed by atoms with Crippen molar-refractivity contribution in [1.29, 1.82) is 0 Å². The van der Waals surface area contributed by atoms with E-state index >= 15 is 0 Å². The normalized spacial score (nSPS) is 15.3. The molecule has 0 amide bonds. The number of aromatic hydroxyl groups is 1. The van der Waals surface area contributed by atoms with Crippen LogP contribution in [-0.4, -0.2) is 54.3 Å². The number of nitrogens with zero attached hydrogens (tertiary/aromatic N) is 3. The number of hydrogen-bond donors (Lipinski definition) is 1. The molecule has 0 radical (unpaired) electrons. The zero-order chi connectivity index (χ0) is 30.9. The van der Waals surface area contributed by atoms with Gasteiger partial charge in [0.15, 0.2) is 0 Å². The average Bonchev–Trinajstić information content (AvgIpc) is 3.35. The van der Waals surface area contributed by atoms with Crippen molar-refractivity contribution in [1.82, 2.24) is 8.87 Å². The summed E-state index contributed by atoms with van der Waals surface area (Å²) in [5.74, 6) is -0.319. The lowest BCUT2D eigenvalue weighted by atomic mass is 9.88. The van der Waals surface area contributed by atoms with Gasteiger partial charge in [0.25, 0.3) is 5.56 Å². The molecular formula is C32H35N3O6S2. The second kappa shape index (κ2) is 12.4. The summed E-state index contributed by atoms with van der Waals surface area (Å²) in [6, 6.07) is 12.8. The monoisotopic (exact) mass is 621 g/mol. The number of thiophene rings is 1. The quantitative estimate of drug-likeness (QED) is 0.185. The van der Waals surface area contributed by atoms with Crippen molar-refractivity contribution in [2.24, 2.45) is 10.9 Å². The number of esters is 1. The van der Waals surface area contributed by atoms with Crippen LogP contribution in [0.3, 0.4) is 0 Å². The maximum atomic E-state index is 13.7. The highest BCUT2D eigenvalue weighted by Gasteiger charge is 2.29. The summed E-state index contributed by atoms with van der Waals surface area (Å²) in [6.45, 7) is 8.29. The molecule has 226 valence electrons. The van der Waals surface area contributed by atoms with Crippen molar-refractivity contribution >= 4 is 49.3 Å². The number of aliphatic imine (C=N–C) groups is 1. The zero-order valence-corrected chi connectivity index (χ0v) is 26.3. The van der Waals surface area contributed by atoms with Crippen LogP contribution in [0.2, 0.25) is 0 Å². The molecule has 1 unspecified atom stereocenters. The predicted molar refractivity (Wildman–Crippen MR) is 170 cm³/mol. The Balaban J connectivity index is 1.69. The van der Waals surface area contributed by atoms with E-state index in [4.69, 9.17) is 9.73 Å². The average molecular weight is 622 g/mol. The smallest absolute Gasteiger partial charge is 0.341 e. The summed E-state index contributed by atoms with van der Waals surface area (Å²) in [6.07, 6.45) is 4.06. The van der Waals surface area contributed by atoms with E-state index in [1.165, 1.54) is 34.0 Å². The van der Waals surface area contributed by atoms with E-state index in [1.54, 1.807) is 57.2 Å². The van der Waals surface area contributed by atoms with Crippen LogP contribution in [0.4, 0.5) is 5.00 Å². The van der Waals surface area contributed by atoms with Crippen LogP contribution in [0.25, 0.3) is 16.5 Å². The van der Waals surface area contributed by atoms with E-state index in [1.807, 2.05) is 0 Å². The number of carbonyl (C=O) groups is 1. The van der Waals surface area contributed by atoms with E-state index in [9.17, 15) is 23.1 Å². The maximum Gasteiger partial charge on any atom is 0.341 e. The number of rotatable bonds is 9. The minimum Gasteiger partial charge on any atom is -0.494 e. The largest absolute Gasteiger partial charge is 0.494 e. The molecule has 5 rings (SSSR count). The SMILES string of the molecule is CCOC(=O)c1c(N=Cc2c(O)n(-c3cccc(S(=O)(=O)N(CC)CC)c3)c(=O)c3ccccc23)sc2c1CCC(C)C2. The molecule has 2 aromatic carbocycles. The lowest BCUT2D eigenvalue weighted by molar-refractivity contribution is 0.0526. The number of ether oxygens (including phenoxy) is 1. The third-order valence-electron chi connectivity index (χ3n) is 7.81. The van der Waals surface area contributed by atoms with E-state index in [2.05, 4.69) is 6.92 Å². The lowest BCUT2D eigenvalue weighted by Gasteiger charge is -2.19. The molecule has 1 aliphatic carbocycles.